The zero-order chi connectivity index (χ0) is 25.2. The van der Waals surface area contributed by atoms with E-state index in [1.54, 1.807) is 24.5 Å². The van der Waals surface area contributed by atoms with Crippen LogP contribution in [0.5, 0.6) is 0 Å². The summed E-state index contributed by atoms with van der Waals surface area (Å²) in [6.07, 6.45) is 3.77. The number of thiazole rings is 1. The summed E-state index contributed by atoms with van der Waals surface area (Å²) in [4.78, 5) is 9.98. The number of aromatic nitrogens is 3. The smallest absolute Gasteiger partial charge is 0.241 e. The number of nitrogens with zero attached hydrogens (tertiary/aromatic N) is 6. The van der Waals surface area contributed by atoms with E-state index in [4.69, 9.17) is 11.6 Å². The number of nitriles is 1. The van der Waals surface area contributed by atoms with Crippen LogP contribution in [0.3, 0.4) is 0 Å². The maximum atomic E-state index is 13.3. The first kappa shape index (κ1) is 25.9. The van der Waals surface area contributed by atoms with Gasteiger partial charge in [-0.25, -0.2) is 17.9 Å². The summed E-state index contributed by atoms with van der Waals surface area (Å²) in [5.74, 6) is 1.49. The fourth-order valence-electron chi connectivity index (χ4n) is 4.29. The summed E-state index contributed by atoms with van der Waals surface area (Å²) in [5, 5.41) is 14.9. The molecule has 0 aromatic carbocycles. The SMILES string of the molecule is Cc1ncc(-c2cnn3c(N4CCN(CC(C)C)CC4)cc(S(=O)(=O)NC(C#N)CCCl)cc23)s1. The predicted molar refractivity (Wildman–Crippen MR) is 140 cm³/mol. The highest BCUT2D eigenvalue weighted by Crippen LogP contribution is 2.33. The number of alkyl halides is 1. The van der Waals surface area contributed by atoms with Crippen LogP contribution in [-0.4, -0.2) is 72.6 Å². The van der Waals surface area contributed by atoms with E-state index in [2.05, 4.69) is 38.5 Å². The largest absolute Gasteiger partial charge is 0.354 e. The van der Waals surface area contributed by atoms with Crippen LogP contribution in [0.4, 0.5) is 5.82 Å². The lowest BCUT2D eigenvalue weighted by Gasteiger charge is -2.36. The molecule has 0 aliphatic carbocycles. The molecule has 1 saturated heterocycles. The standard InChI is InChI=1S/C23H30ClN7O2S2/c1-16(2)15-29-6-8-30(9-7-29)23-11-19(35(32,33)28-18(12-25)4-5-24)10-21-20(13-27-31(21)23)22-14-26-17(3)34-22/h10-11,13-14,16,18,28H,4-9,15H2,1-3H3. The normalized spacial score (nSPS) is 16.2. The lowest BCUT2D eigenvalue weighted by atomic mass is 10.2. The molecule has 0 spiro atoms. The first-order valence-electron chi connectivity index (χ1n) is 11.6. The molecule has 1 N–H and O–H groups in total. The van der Waals surface area contributed by atoms with Crippen LogP contribution < -0.4 is 9.62 Å². The third kappa shape index (κ3) is 5.78. The Bertz CT molecular complexity index is 1320. The van der Waals surface area contributed by atoms with E-state index < -0.39 is 16.1 Å². The van der Waals surface area contributed by atoms with Gasteiger partial charge in [0.2, 0.25) is 10.0 Å². The van der Waals surface area contributed by atoms with Crippen molar-refractivity contribution in [2.24, 2.45) is 5.92 Å². The monoisotopic (exact) mass is 535 g/mol. The highest BCUT2D eigenvalue weighted by atomic mass is 35.5. The molecular formula is C23H30ClN7O2S2. The first-order valence-corrected chi connectivity index (χ1v) is 14.4. The lowest BCUT2D eigenvalue weighted by Crippen LogP contribution is -2.48. The minimum atomic E-state index is -3.97. The minimum Gasteiger partial charge on any atom is -0.354 e. The number of sulfonamides is 1. The zero-order valence-corrected chi connectivity index (χ0v) is 22.5. The number of anilines is 1. The third-order valence-corrected chi connectivity index (χ3v) is 8.56. The van der Waals surface area contributed by atoms with E-state index in [1.165, 1.54) is 11.3 Å². The summed E-state index contributed by atoms with van der Waals surface area (Å²) in [6, 6.07) is 4.36. The van der Waals surface area contributed by atoms with Gasteiger partial charge in [0, 0.05) is 56.4 Å². The molecule has 0 saturated carbocycles. The molecule has 35 heavy (non-hydrogen) atoms. The number of halogens is 1. The molecule has 188 valence electrons. The van der Waals surface area contributed by atoms with E-state index in [9.17, 15) is 13.7 Å². The Balaban J connectivity index is 1.77. The average Bonchev–Trinajstić information content (AvgIpc) is 3.44. The van der Waals surface area contributed by atoms with Gasteiger partial charge < -0.3 is 4.90 Å². The molecule has 0 radical (unpaired) electrons. The van der Waals surface area contributed by atoms with Crippen LogP contribution >= 0.6 is 22.9 Å². The van der Waals surface area contributed by atoms with Crippen LogP contribution in [0, 0.1) is 24.2 Å². The molecule has 4 rings (SSSR count). The Hall–Kier alpha value is -2.23. The van der Waals surface area contributed by atoms with Crippen LogP contribution in [0.2, 0.25) is 0 Å². The minimum absolute atomic E-state index is 0.0995. The summed E-state index contributed by atoms with van der Waals surface area (Å²) in [5.41, 5.74) is 1.51. The van der Waals surface area contributed by atoms with Gasteiger partial charge in [-0.3, -0.25) is 4.90 Å². The van der Waals surface area contributed by atoms with Crippen molar-refractivity contribution in [2.75, 3.05) is 43.5 Å². The maximum absolute atomic E-state index is 13.3. The number of nitrogens with one attached hydrogen (secondary N) is 1. The summed E-state index contributed by atoms with van der Waals surface area (Å²) in [6.45, 7) is 10.7. The van der Waals surface area contributed by atoms with Crippen molar-refractivity contribution in [2.45, 2.75) is 38.1 Å². The average molecular weight is 536 g/mol. The Morgan fingerprint density at radius 2 is 1.97 bits per heavy atom. The molecule has 1 aliphatic heterocycles. The molecule has 1 unspecified atom stereocenters. The van der Waals surface area contributed by atoms with Crippen molar-refractivity contribution in [3.8, 4) is 16.5 Å². The number of aryl methyl sites for hydroxylation is 1. The van der Waals surface area contributed by atoms with Gasteiger partial charge in [0.05, 0.1) is 32.6 Å². The van der Waals surface area contributed by atoms with Gasteiger partial charge in [-0.1, -0.05) is 13.8 Å². The quantitative estimate of drug-likeness (QED) is 0.419. The molecule has 1 fully saturated rings. The number of pyridine rings is 1. The number of hydrogen-bond acceptors (Lipinski definition) is 8. The number of rotatable bonds is 9. The second-order valence-electron chi connectivity index (χ2n) is 9.11. The molecule has 9 nitrogen and oxygen atoms in total. The highest BCUT2D eigenvalue weighted by molar-refractivity contribution is 7.89. The van der Waals surface area contributed by atoms with Gasteiger partial charge in [0.1, 0.15) is 11.9 Å². The number of hydrogen-bond donors (Lipinski definition) is 1. The second kappa shape index (κ2) is 10.8. The molecule has 1 aliphatic rings. The van der Waals surface area contributed by atoms with Gasteiger partial charge in [0.15, 0.2) is 0 Å². The summed E-state index contributed by atoms with van der Waals surface area (Å²) >= 11 is 7.30. The van der Waals surface area contributed by atoms with E-state index in [1.807, 2.05) is 17.5 Å². The Kier molecular flexibility index (Phi) is 7.98. The molecule has 3 aromatic rings. The number of piperazine rings is 1. The Labute approximate surface area is 215 Å². The fourth-order valence-corrected chi connectivity index (χ4v) is 6.51. The van der Waals surface area contributed by atoms with Crippen LogP contribution in [0.15, 0.2) is 29.4 Å². The second-order valence-corrected chi connectivity index (χ2v) is 12.4. The van der Waals surface area contributed by atoms with Gasteiger partial charge in [0.25, 0.3) is 0 Å². The van der Waals surface area contributed by atoms with E-state index >= 15 is 0 Å². The molecule has 3 aromatic heterocycles. The van der Waals surface area contributed by atoms with Crippen LogP contribution in [0.25, 0.3) is 16.0 Å². The first-order chi connectivity index (χ1) is 16.7. The summed E-state index contributed by atoms with van der Waals surface area (Å²) < 4.78 is 31.0. The predicted octanol–water partition coefficient (Wildman–Crippen LogP) is 3.34. The lowest BCUT2D eigenvalue weighted by molar-refractivity contribution is 0.230. The number of fused-ring (bicyclic) bond motifs is 1. The topological polar surface area (TPSA) is 107 Å². The van der Waals surface area contributed by atoms with E-state index in [0.29, 0.717) is 17.3 Å². The molecule has 0 bridgehead atoms. The van der Waals surface area contributed by atoms with Crippen molar-refractivity contribution in [3.63, 3.8) is 0 Å². The molecule has 4 heterocycles. The Morgan fingerprint density at radius 3 is 2.57 bits per heavy atom. The van der Waals surface area contributed by atoms with Crippen molar-refractivity contribution in [3.05, 3.63) is 29.5 Å². The van der Waals surface area contributed by atoms with Gasteiger partial charge >= 0.3 is 0 Å². The van der Waals surface area contributed by atoms with Crippen molar-refractivity contribution in [1.82, 2.24) is 24.2 Å². The zero-order valence-electron chi connectivity index (χ0n) is 20.1. The van der Waals surface area contributed by atoms with Gasteiger partial charge in [-0.2, -0.15) is 15.1 Å². The van der Waals surface area contributed by atoms with Crippen molar-refractivity contribution < 1.29 is 8.42 Å². The van der Waals surface area contributed by atoms with Crippen LogP contribution in [0.1, 0.15) is 25.3 Å². The molecule has 1 atom stereocenters. The maximum Gasteiger partial charge on any atom is 0.241 e. The molecular weight excluding hydrogens is 506 g/mol. The van der Waals surface area contributed by atoms with Crippen molar-refractivity contribution >= 4 is 44.3 Å². The Morgan fingerprint density at radius 1 is 1.23 bits per heavy atom. The van der Waals surface area contributed by atoms with Gasteiger partial charge in [-0.15, -0.1) is 22.9 Å². The van der Waals surface area contributed by atoms with Gasteiger partial charge in [-0.05, 0) is 25.3 Å². The van der Waals surface area contributed by atoms with E-state index in [-0.39, 0.29) is 17.2 Å². The fraction of sp³-hybridized carbons (Fsp3) is 0.522. The third-order valence-electron chi connectivity index (χ3n) is 5.94. The van der Waals surface area contributed by atoms with E-state index in [0.717, 1.165) is 48.2 Å². The van der Waals surface area contributed by atoms with Crippen LogP contribution in [-0.2, 0) is 10.0 Å². The molecule has 12 heteroatoms. The molecule has 0 amide bonds. The van der Waals surface area contributed by atoms with Crippen molar-refractivity contribution in [1.29, 1.82) is 5.26 Å². The highest BCUT2D eigenvalue weighted by Gasteiger charge is 2.26. The summed E-state index contributed by atoms with van der Waals surface area (Å²) in [7, 11) is -3.97.